The topological polar surface area (TPSA) is 100 Å². The van der Waals surface area contributed by atoms with E-state index >= 15 is 0 Å². The van der Waals surface area contributed by atoms with Crippen molar-refractivity contribution < 1.29 is 24.5 Å². The maximum atomic E-state index is 12.6. The van der Waals surface area contributed by atoms with Crippen molar-refractivity contribution in [3.8, 4) is 28.4 Å². The van der Waals surface area contributed by atoms with Crippen molar-refractivity contribution in [2.24, 2.45) is 0 Å². The Morgan fingerprint density at radius 2 is 1.83 bits per heavy atom. The summed E-state index contributed by atoms with van der Waals surface area (Å²) in [4.78, 5) is 12.6. The largest absolute Gasteiger partial charge is 0.508 e. The number of fused-ring (bicyclic) bond motifs is 1. The molecule has 3 rings (SSSR count). The molecule has 0 fully saturated rings. The molecule has 6 nitrogen and oxygen atoms in total. The van der Waals surface area contributed by atoms with E-state index in [1.54, 1.807) is 12.1 Å². The summed E-state index contributed by atoms with van der Waals surface area (Å²) in [6.07, 6.45) is 1.77. The van der Waals surface area contributed by atoms with Crippen LogP contribution in [0, 0.1) is 0 Å². The lowest BCUT2D eigenvalue weighted by Crippen LogP contribution is -2.06. The molecule has 0 atom stereocenters. The SMILES string of the molecule is O=c1c(-c2ccc(O)cc2)coc2cc(OCCCO)cc(O)c12. The number of phenols is 2. The number of hydrogen-bond acceptors (Lipinski definition) is 6. The van der Waals surface area contributed by atoms with Crippen LogP contribution in [0.25, 0.3) is 22.1 Å². The van der Waals surface area contributed by atoms with E-state index in [4.69, 9.17) is 14.3 Å². The van der Waals surface area contributed by atoms with Gasteiger partial charge in [0, 0.05) is 25.2 Å². The van der Waals surface area contributed by atoms with Gasteiger partial charge in [-0.05, 0) is 17.7 Å². The fourth-order valence-electron chi connectivity index (χ4n) is 2.39. The van der Waals surface area contributed by atoms with Gasteiger partial charge in [0.2, 0.25) is 5.43 Å². The standard InChI is InChI=1S/C18H16O6/c19-6-1-7-23-13-8-15(21)17-16(9-13)24-10-14(18(17)22)11-2-4-12(20)5-3-11/h2-5,8-10,19-21H,1,6-7H2. The predicted molar refractivity (Wildman–Crippen MR) is 88.4 cm³/mol. The van der Waals surface area contributed by atoms with Crippen molar-refractivity contribution >= 4 is 11.0 Å². The van der Waals surface area contributed by atoms with Crippen LogP contribution in [0.4, 0.5) is 0 Å². The van der Waals surface area contributed by atoms with Gasteiger partial charge in [0.05, 0.1) is 12.2 Å². The molecule has 2 aromatic carbocycles. The van der Waals surface area contributed by atoms with E-state index < -0.39 is 0 Å². The average Bonchev–Trinajstić information content (AvgIpc) is 2.56. The van der Waals surface area contributed by atoms with Crippen molar-refractivity contribution in [1.29, 1.82) is 0 Å². The first-order valence-corrected chi connectivity index (χ1v) is 7.41. The molecule has 0 spiro atoms. The van der Waals surface area contributed by atoms with Gasteiger partial charge >= 0.3 is 0 Å². The second kappa shape index (κ2) is 6.64. The van der Waals surface area contributed by atoms with Crippen LogP contribution in [-0.2, 0) is 0 Å². The van der Waals surface area contributed by atoms with Gasteiger partial charge in [0.15, 0.2) is 0 Å². The molecule has 6 heteroatoms. The number of ether oxygens (including phenoxy) is 1. The Morgan fingerprint density at radius 3 is 2.54 bits per heavy atom. The van der Waals surface area contributed by atoms with E-state index in [1.165, 1.54) is 30.5 Å². The molecule has 3 aromatic rings. The van der Waals surface area contributed by atoms with Crippen LogP contribution in [0.5, 0.6) is 17.2 Å². The minimum absolute atomic E-state index is 0.00460. The fourth-order valence-corrected chi connectivity index (χ4v) is 2.39. The lowest BCUT2D eigenvalue weighted by Gasteiger charge is -2.08. The van der Waals surface area contributed by atoms with Gasteiger partial charge in [0.25, 0.3) is 0 Å². The Balaban J connectivity index is 2.06. The quantitative estimate of drug-likeness (QED) is 0.623. The molecule has 0 radical (unpaired) electrons. The molecule has 0 aliphatic heterocycles. The summed E-state index contributed by atoms with van der Waals surface area (Å²) in [7, 11) is 0. The first kappa shape index (κ1) is 15.9. The first-order valence-electron chi connectivity index (χ1n) is 7.41. The number of aromatic hydroxyl groups is 2. The smallest absolute Gasteiger partial charge is 0.204 e. The third-order valence-corrected chi connectivity index (χ3v) is 3.58. The van der Waals surface area contributed by atoms with Crippen LogP contribution >= 0.6 is 0 Å². The summed E-state index contributed by atoms with van der Waals surface area (Å²) in [6, 6.07) is 8.99. The Bertz CT molecular complexity index is 911. The Labute approximate surface area is 137 Å². The van der Waals surface area contributed by atoms with Crippen LogP contribution in [0.15, 0.2) is 51.9 Å². The Kier molecular flexibility index (Phi) is 4.39. The van der Waals surface area contributed by atoms with Crippen molar-refractivity contribution in [2.75, 3.05) is 13.2 Å². The normalized spacial score (nSPS) is 10.9. The zero-order valence-electron chi connectivity index (χ0n) is 12.7. The molecule has 3 N–H and O–H groups in total. The minimum atomic E-state index is -0.374. The highest BCUT2D eigenvalue weighted by Crippen LogP contribution is 2.30. The summed E-state index contributed by atoms with van der Waals surface area (Å²) in [5, 5.41) is 28.3. The third-order valence-electron chi connectivity index (χ3n) is 3.58. The molecule has 1 heterocycles. The van der Waals surface area contributed by atoms with E-state index in [1.807, 2.05) is 0 Å². The second-order valence-electron chi connectivity index (χ2n) is 5.27. The zero-order valence-corrected chi connectivity index (χ0v) is 12.7. The highest BCUT2D eigenvalue weighted by atomic mass is 16.5. The number of hydrogen-bond donors (Lipinski definition) is 3. The molecule has 0 unspecified atom stereocenters. The predicted octanol–water partition coefficient (Wildman–Crippen LogP) is 2.63. The Hall–Kier alpha value is -2.99. The molecular formula is C18H16O6. The van der Waals surface area contributed by atoms with E-state index in [2.05, 4.69) is 0 Å². The fraction of sp³-hybridized carbons (Fsp3) is 0.167. The average molecular weight is 328 g/mol. The highest BCUT2D eigenvalue weighted by Gasteiger charge is 2.14. The van der Waals surface area contributed by atoms with Gasteiger partial charge in [-0.1, -0.05) is 12.1 Å². The van der Waals surface area contributed by atoms with Crippen LogP contribution < -0.4 is 10.2 Å². The molecular weight excluding hydrogens is 312 g/mol. The van der Waals surface area contributed by atoms with Gasteiger partial charge < -0.3 is 24.5 Å². The van der Waals surface area contributed by atoms with Crippen molar-refractivity contribution in [2.45, 2.75) is 6.42 Å². The molecule has 0 bridgehead atoms. The summed E-state index contributed by atoms with van der Waals surface area (Å²) >= 11 is 0. The van der Waals surface area contributed by atoms with Crippen molar-refractivity contribution in [1.82, 2.24) is 0 Å². The van der Waals surface area contributed by atoms with Gasteiger partial charge in [-0.3, -0.25) is 4.79 Å². The number of phenolic OH excluding ortho intramolecular Hbond substituents is 2. The highest BCUT2D eigenvalue weighted by molar-refractivity contribution is 5.88. The molecule has 0 aliphatic carbocycles. The van der Waals surface area contributed by atoms with Gasteiger partial charge in [0.1, 0.15) is 34.5 Å². The molecule has 1 aromatic heterocycles. The summed E-state index contributed by atoms with van der Waals surface area (Å²) in [6.45, 7) is 0.294. The van der Waals surface area contributed by atoms with Crippen LogP contribution in [0.3, 0.4) is 0 Å². The maximum absolute atomic E-state index is 12.6. The van der Waals surface area contributed by atoms with Crippen molar-refractivity contribution in [3.05, 3.63) is 52.9 Å². The minimum Gasteiger partial charge on any atom is -0.508 e. The number of benzene rings is 2. The van der Waals surface area contributed by atoms with Gasteiger partial charge in [-0.2, -0.15) is 0 Å². The van der Waals surface area contributed by atoms with E-state index in [0.29, 0.717) is 17.7 Å². The van der Waals surface area contributed by atoms with Crippen LogP contribution in [0.2, 0.25) is 0 Å². The van der Waals surface area contributed by atoms with E-state index in [9.17, 15) is 15.0 Å². The second-order valence-corrected chi connectivity index (χ2v) is 5.27. The molecule has 24 heavy (non-hydrogen) atoms. The van der Waals surface area contributed by atoms with Crippen molar-refractivity contribution in [3.63, 3.8) is 0 Å². The molecule has 0 amide bonds. The zero-order chi connectivity index (χ0) is 17.1. The molecule has 124 valence electrons. The molecule has 0 saturated heterocycles. The molecule has 0 saturated carbocycles. The third kappa shape index (κ3) is 3.04. The van der Waals surface area contributed by atoms with Crippen LogP contribution in [0.1, 0.15) is 6.42 Å². The summed E-state index contributed by atoms with van der Waals surface area (Å²) < 4.78 is 10.9. The lowest BCUT2D eigenvalue weighted by molar-refractivity contribution is 0.233. The summed E-state index contributed by atoms with van der Waals surface area (Å²) in [5.74, 6) is 0.214. The number of rotatable bonds is 5. The van der Waals surface area contributed by atoms with E-state index in [-0.39, 0.29) is 46.7 Å². The number of aliphatic hydroxyl groups excluding tert-OH is 1. The maximum Gasteiger partial charge on any atom is 0.204 e. The molecule has 0 aliphatic rings. The number of aliphatic hydroxyl groups is 1. The van der Waals surface area contributed by atoms with E-state index in [0.717, 1.165) is 0 Å². The first-order chi connectivity index (χ1) is 11.6. The Morgan fingerprint density at radius 1 is 1.08 bits per heavy atom. The van der Waals surface area contributed by atoms with Crippen LogP contribution in [-0.4, -0.2) is 28.5 Å². The van der Waals surface area contributed by atoms with Gasteiger partial charge in [-0.25, -0.2) is 0 Å². The summed E-state index contributed by atoms with van der Waals surface area (Å²) in [5.41, 5.74) is 0.695. The van der Waals surface area contributed by atoms with Gasteiger partial charge in [-0.15, -0.1) is 0 Å². The monoisotopic (exact) mass is 328 g/mol. The lowest BCUT2D eigenvalue weighted by atomic mass is 10.0.